The molecule has 30 heavy (non-hydrogen) atoms. The van der Waals surface area contributed by atoms with Gasteiger partial charge >= 0.3 is 0 Å². The molecular formula is C23H21N7. The van der Waals surface area contributed by atoms with Crippen LogP contribution in [0.5, 0.6) is 0 Å². The number of nitrogens with zero attached hydrogens (tertiary/aromatic N) is 5. The van der Waals surface area contributed by atoms with Crippen molar-refractivity contribution in [2.24, 2.45) is 0 Å². The number of rotatable bonds is 4. The first-order valence-corrected chi connectivity index (χ1v) is 10.3. The molecule has 1 aliphatic rings. The summed E-state index contributed by atoms with van der Waals surface area (Å²) in [5, 5.41) is 9.62. The van der Waals surface area contributed by atoms with Gasteiger partial charge in [-0.25, -0.2) is 4.98 Å². The lowest BCUT2D eigenvalue weighted by molar-refractivity contribution is 0.331. The summed E-state index contributed by atoms with van der Waals surface area (Å²) in [6.45, 7) is 3.31. The van der Waals surface area contributed by atoms with Crippen LogP contribution >= 0.6 is 0 Å². The number of hydrogen-bond acceptors (Lipinski definition) is 5. The van der Waals surface area contributed by atoms with E-state index in [1.165, 1.54) is 31.5 Å². The minimum atomic E-state index is 0.770. The summed E-state index contributed by atoms with van der Waals surface area (Å²) in [6.07, 6.45) is 12.0. The lowest BCUT2D eigenvalue weighted by Crippen LogP contribution is -2.18. The number of pyridine rings is 3. The first-order valence-electron chi connectivity index (χ1n) is 10.3. The molecule has 0 bridgehead atoms. The number of hydrogen-bond donors (Lipinski definition) is 2. The molecule has 0 spiro atoms. The van der Waals surface area contributed by atoms with Gasteiger partial charge in [0.2, 0.25) is 0 Å². The van der Waals surface area contributed by atoms with Crippen molar-refractivity contribution in [1.29, 1.82) is 0 Å². The van der Waals surface area contributed by atoms with Crippen LogP contribution in [0.2, 0.25) is 0 Å². The van der Waals surface area contributed by atoms with Crippen LogP contribution in [-0.4, -0.2) is 48.1 Å². The third-order valence-electron chi connectivity index (χ3n) is 5.83. The molecule has 0 radical (unpaired) electrons. The lowest BCUT2D eigenvalue weighted by atomic mass is 10.1. The van der Waals surface area contributed by atoms with E-state index in [2.05, 4.69) is 53.2 Å². The summed E-state index contributed by atoms with van der Waals surface area (Å²) < 4.78 is 0. The van der Waals surface area contributed by atoms with Gasteiger partial charge in [-0.3, -0.25) is 20.0 Å². The number of fused-ring (bicyclic) bond motifs is 2. The van der Waals surface area contributed by atoms with E-state index in [1.807, 2.05) is 30.9 Å². The van der Waals surface area contributed by atoms with Crippen LogP contribution in [0.25, 0.3) is 44.5 Å². The fourth-order valence-corrected chi connectivity index (χ4v) is 4.30. The first kappa shape index (κ1) is 17.3. The van der Waals surface area contributed by atoms with Crippen LogP contribution < -0.4 is 0 Å². The molecule has 0 amide bonds. The molecule has 1 saturated heterocycles. The topological polar surface area (TPSA) is 86.4 Å². The van der Waals surface area contributed by atoms with Crippen molar-refractivity contribution in [2.75, 3.05) is 13.1 Å². The Balaban J connectivity index is 1.39. The number of aromatic amines is 2. The summed E-state index contributed by atoms with van der Waals surface area (Å²) in [6, 6.07) is 8.40. The summed E-state index contributed by atoms with van der Waals surface area (Å²) in [7, 11) is 0. The Labute approximate surface area is 173 Å². The molecule has 6 heterocycles. The molecular weight excluding hydrogens is 374 g/mol. The number of H-pyrrole nitrogens is 2. The average Bonchev–Trinajstić information content (AvgIpc) is 3.52. The third-order valence-corrected chi connectivity index (χ3v) is 5.83. The minimum Gasteiger partial charge on any atom is -0.353 e. The zero-order valence-electron chi connectivity index (χ0n) is 16.5. The van der Waals surface area contributed by atoms with E-state index in [0.717, 1.165) is 51.0 Å². The van der Waals surface area contributed by atoms with Crippen molar-refractivity contribution in [3.63, 3.8) is 0 Å². The Morgan fingerprint density at radius 2 is 1.83 bits per heavy atom. The molecule has 1 aliphatic heterocycles. The van der Waals surface area contributed by atoms with Gasteiger partial charge in [0, 0.05) is 64.9 Å². The van der Waals surface area contributed by atoms with Crippen molar-refractivity contribution in [2.45, 2.75) is 19.4 Å². The maximum absolute atomic E-state index is 4.61. The standard InChI is InChI=1S/C23H21N7/c1-2-6-30(5-1)14-15-7-16(11-25-10-15)17-8-19-22(28-29-23(19)26-13-17)21-9-18-12-24-4-3-20(18)27-21/h3-4,7-13,27H,1-2,5-6,14H2,(H,26,28,29). The van der Waals surface area contributed by atoms with Crippen LogP contribution in [0.4, 0.5) is 0 Å². The second-order valence-electron chi connectivity index (χ2n) is 7.90. The highest BCUT2D eigenvalue weighted by Crippen LogP contribution is 2.30. The van der Waals surface area contributed by atoms with Gasteiger partial charge in [0.15, 0.2) is 5.65 Å². The van der Waals surface area contributed by atoms with Crippen molar-refractivity contribution in [3.8, 4) is 22.5 Å². The van der Waals surface area contributed by atoms with Crippen molar-refractivity contribution < 1.29 is 0 Å². The van der Waals surface area contributed by atoms with E-state index in [-0.39, 0.29) is 0 Å². The molecule has 7 heteroatoms. The predicted octanol–water partition coefficient (Wildman–Crippen LogP) is 4.16. The highest BCUT2D eigenvalue weighted by Gasteiger charge is 2.15. The Hall–Kier alpha value is -3.58. The summed E-state index contributed by atoms with van der Waals surface area (Å²) >= 11 is 0. The van der Waals surface area contributed by atoms with Gasteiger partial charge in [-0.15, -0.1) is 0 Å². The van der Waals surface area contributed by atoms with Crippen molar-refractivity contribution in [1.82, 2.24) is 35.0 Å². The molecule has 0 saturated carbocycles. The Bertz CT molecular complexity index is 1310. The maximum Gasteiger partial charge on any atom is 0.155 e. The molecule has 0 unspecified atom stereocenters. The van der Waals surface area contributed by atoms with Crippen LogP contribution in [0, 0.1) is 0 Å². The van der Waals surface area contributed by atoms with E-state index in [4.69, 9.17) is 0 Å². The summed E-state index contributed by atoms with van der Waals surface area (Å²) in [5.74, 6) is 0. The molecule has 5 aromatic heterocycles. The Morgan fingerprint density at radius 1 is 0.933 bits per heavy atom. The van der Waals surface area contributed by atoms with Crippen molar-refractivity contribution in [3.05, 3.63) is 60.8 Å². The lowest BCUT2D eigenvalue weighted by Gasteiger charge is -2.14. The molecule has 0 aromatic carbocycles. The largest absolute Gasteiger partial charge is 0.353 e. The normalized spacial score (nSPS) is 14.8. The minimum absolute atomic E-state index is 0.770. The quantitative estimate of drug-likeness (QED) is 0.477. The van der Waals surface area contributed by atoms with Gasteiger partial charge in [-0.2, -0.15) is 5.10 Å². The SMILES string of the molecule is c1cc2[nH]c(-c3n[nH]c4ncc(-c5cncc(CN6CCCC6)c5)cc34)cc2cn1. The fourth-order valence-electron chi connectivity index (χ4n) is 4.30. The van der Waals surface area contributed by atoms with Gasteiger partial charge in [0.05, 0.1) is 5.69 Å². The smallest absolute Gasteiger partial charge is 0.155 e. The van der Waals surface area contributed by atoms with E-state index in [0.29, 0.717) is 0 Å². The molecule has 0 aliphatic carbocycles. The van der Waals surface area contributed by atoms with Crippen molar-refractivity contribution >= 4 is 21.9 Å². The van der Waals surface area contributed by atoms with E-state index in [1.54, 1.807) is 6.20 Å². The number of nitrogens with one attached hydrogen (secondary N) is 2. The average molecular weight is 395 g/mol. The fraction of sp³-hybridized carbons (Fsp3) is 0.217. The van der Waals surface area contributed by atoms with Crippen LogP contribution in [-0.2, 0) is 6.54 Å². The van der Waals surface area contributed by atoms with Gasteiger partial charge in [-0.1, -0.05) is 0 Å². The third kappa shape index (κ3) is 3.04. The van der Waals surface area contributed by atoms with E-state index in [9.17, 15) is 0 Å². The van der Waals surface area contributed by atoms with Crippen LogP contribution in [0.1, 0.15) is 18.4 Å². The van der Waals surface area contributed by atoms with E-state index >= 15 is 0 Å². The van der Waals surface area contributed by atoms with Gasteiger partial charge in [0.1, 0.15) is 5.69 Å². The van der Waals surface area contributed by atoms with Gasteiger partial charge < -0.3 is 4.98 Å². The Kier molecular flexibility index (Phi) is 4.06. The molecule has 1 fully saturated rings. The molecule has 5 aromatic rings. The highest BCUT2D eigenvalue weighted by atomic mass is 15.2. The highest BCUT2D eigenvalue weighted by molar-refractivity contribution is 5.95. The molecule has 6 rings (SSSR count). The second-order valence-corrected chi connectivity index (χ2v) is 7.90. The maximum atomic E-state index is 4.61. The predicted molar refractivity (Wildman–Crippen MR) is 117 cm³/mol. The monoisotopic (exact) mass is 395 g/mol. The van der Waals surface area contributed by atoms with Gasteiger partial charge in [-0.05, 0) is 55.8 Å². The second kappa shape index (κ2) is 7.03. The molecule has 0 atom stereocenters. The van der Waals surface area contributed by atoms with Crippen LogP contribution in [0.3, 0.4) is 0 Å². The number of aromatic nitrogens is 6. The van der Waals surface area contributed by atoms with Crippen LogP contribution in [0.15, 0.2) is 55.2 Å². The summed E-state index contributed by atoms with van der Waals surface area (Å²) in [5.41, 5.74) is 6.98. The molecule has 7 nitrogen and oxygen atoms in total. The van der Waals surface area contributed by atoms with Gasteiger partial charge in [0.25, 0.3) is 0 Å². The molecule has 2 N–H and O–H groups in total. The summed E-state index contributed by atoms with van der Waals surface area (Å²) in [4.78, 5) is 19.2. The zero-order valence-corrected chi connectivity index (χ0v) is 16.5. The first-order chi connectivity index (χ1) is 14.8. The van der Waals surface area contributed by atoms with E-state index < -0.39 is 0 Å². The zero-order chi connectivity index (χ0) is 19.9. The molecule has 148 valence electrons. The Morgan fingerprint density at radius 3 is 2.73 bits per heavy atom. The number of likely N-dealkylation sites (tertiary alicyclic amines) is 1.